The number of methoxy groups -OCH3 is 1. The number of nitrogens with one attached hydrogen (secondary N) is 1. The Balaban J connectivity index is 2.53. The van der Waals surface area contributed by atoms with E-state index in [0.29, 0.717) is 17.0 Å². The van der Waals surface area contributed by atoms with Crippen LogP contribution < -0.4 is 15.0 Å². The summed E-state index contributed by atoms with van der Waals surface area (Å²) in [4.78, 5) is 25.9. The van der Waals surface area contributed by atoms with Crippen LogP contribution in [0.2, 0.25) is 0 Å². The van der Waals surface area contributed by atoms with Gasteiger partial charge in [0.1, 0.15) is 5.75 Å². The predicted octanol–water partition coefficient (Wildman–Crippen LogP) is 1.82. The fraction of sp³-hybridized carbons (Fsp3) is 0.278. The van der Waals surface area contributed by atoms with E-state index in [1.54, 1.807) is 29.9 Å². The zero-order valence-electron chi connectivity index (χ0n) is 14.9. The monoisotopic (exact) mass is 342 g/mol. The minimum Gasteiger partial charge on any atom is -0.495 e. The van der Waals surface area contributed by atoms with Crippen LogP contribution in [0.25, 0.3) is 0 Å². The third-order valence-electron chi connectivity index (χ3n) is 3.82. The number of hydrogen-bond donors (Lipinski definition) is 1. The van der Waals surface area contributed by atoms with Crippen molar-refractivity contribution >= 4 is 17.5 Å². The molecule has 0 bridgehead atoms. The van der Waals surface area contributed by atoms with E-state index in [0.717, 1.165) is 11.4 Å². The van der Waals surface area contributed by atoms with Crippen molar-refractivity contribution in [1.82, 2.24) is 15.1 Å². The van der Waals surface area contributed by atoms with Crippen LogP contribution in [-0.2, 0) is 18.4 Å². The molecule has 0 fully saturated rings. The Kier molecular flexibility index (Phi) is 5.59. The normalized spacial score (nSPS) is 10.2. The molecular weight excluding hydrogens is 320 g/mol. The van der Waals surface area contributed by atoms with Gasteiger partial charge < -0.3 is 10.1 Å². The molecule has 7 heteroatoms. The first-order valence-electron chi connectivity index (χ1n) is 7.74. The lowest BCUT2D eigenvalue weighted by Gasteiger charge is -2.24. The highest BCUT2D eigenvalue weighted by atomic mass is 16.5. The van der Waals surface area contributed by atoms with Gasteiger partial charge in [-0.05, 0) is 37.3 Å². The van der Waals surface area contributed by atoms with Gasteiger partial charge in [0, 0.05) is 19.7 Å². The number of hydrogen-bond acceptors (Lipinski definition) is 4. The second kappa shape index (κ2) is 7.65. The summed E-state index contributed by atoms with van der Waals surface area (Å²) >= 11 is 0. The zero-order valence-corrected chi connectivity index (χ0v) is 14.9. The van der Waals surface area contributed by atoms with Gasteiger partial charge in [0.15, 0.2) is 0 Å². The molecule has 1 aromatic carbocycles. The zero-order chi connectivity index (χ0) is 18.6. The number of amides is 2. The second-order valence-corrected chi connectivity index (χ2v) is 5.49. The van der Waals surface area contributed by atoms with Crippen molar-refractivity contribution in [3.05, 3.63) is 53.9 Å². The number of rotatable bonds is 6. The summed E-state index contributed by atoms with van der Waals surface area (Å²) in [6.45, 7) is 5.73. The van der Waals surface area contributed by atoms with Gasteiger partial charge in [0.05, 0.1) is 30.7 Å². The summed E-state index contributed by atoms with van der Waals surface area (Å²) in [5.41, 5.74) is 2.63. The molecule has 2 amide bonds. The molecule has 7 nitrogen and oxygen atoms in total. The lowest BCUT2D eigenvalue weighted by Crippen LogP contribution is -2.30. The molecule has 0 saturated heterocycles. The summed E-state index contributed by atoms with van der Waals surface area (Å²) in [7, 11) is 4.89. The van der Waals surface area contributed by atoms with Crippen LogP contribution in [0, 0.1) is 6.92 Å². The van der Waals surface area contributed by atoms with Crippen molar-refractivity contribution in [3.63, 3.8) is 0 Å². The third kappa shape index (κ3) is 3.88. The van der Waals surface area contributed by atoms with Crippen LogP contribution in [0.3, 0.4) is 0 Å². The molecule has 0 aliphatic heterocycles. The highest BCUT2D eigenvalue weighted by Crippen LogP contribution is 2.31. The quantitative estimate of drug-likeness (QED) is 0.813. The second-order valence-electron chi connectivity index (χ2n) is 5.49. The highest BCUT2D eigenvalue weighted by Gasteiger charge is 2.21. The van der Waals surface area contributed by atoms with Crippen molar-refractivity contribution in [2.45, 2.75) is 13.5 Å². The lowest BCUT2D eigenvalue weighted by atomic mass is 10.1. The number of anilines is 1. The predicted molar refractivity (Wildman–Crippen MR) is 95.7 cm³/mol. The highest BCUT2D eigenvalue weighted by molar-refractivity contribution is 6.03. The number of benzene rings is 1. The van der Waals surface area contributed by atoms with Gasteiger partial charge in [0.25, 0.3) is 11.8 Å². The molecule has 2 aromatic rings. The van der Waals surface area contributed by atoms with Gasteiger partial charge in [-0.1, -0.05) is 6.58 Å². The number of nitrogens with zero attached hydrogens (tertiary/aromatic N) is 3. The van der Waals surface area contributed by atoms with E-state index in [4.69, 9.17) is 4.74 Å². The summed E-state index contributed by atoms with van der Waals surface area (Å²) < 4.78 is 7.10. The van der Waals surface area contributed by atoms with E-state index in [1.807, 2.05) is 20.0 Å². The maximum Gasteiger partial charge on any atom is 0.251 e. The standard InChI is InChI=1S/C18H22N4O3/c1-6-17(23)22(11-14-9-12(2)20-21(14)4)15-10-13(18(24)19-3)7-8-16(15)25-5/h6-10H,1,11H2,2-5H3,(H,19,24). The Morgan fingerprint density at radius 2 is 2.12 bits per heavy atom. The van der Waals surface area contributed by atoms with Crippen molar-refractivity contribution in [1.29, 1.82) is 0 Å². The van der Waals surface area contributed by atoms with Crippen LogP contribution in [0.1, 0.15) is 21.7 Å². The minimum atomic E-state index is -0.300. The van der Waals surface area contributed by atoms with Gasteiger partial charge in [-0.15, -0.1) is 0 Å². The first-order chi connectivity index (χ1) is 11.9. The van der Waals surface area contributed by atoms with E-state index in [9.17, 15) is 9.59 Å². The number of aryl methyl sites for hydroxylation is 2. The molecule has 1 N–H and O–H groups in total. The van der Waals surface area contributed by atoms with Crippen LogP contribution >= 0.6 is 0 Å². The molecule has 0 unspecified atom stereocenters. The van der Waals surface area contributed by atoms with Gasteiger partial charge in [0.2, 0.25) is 0 Å². The Labute approximate surface area is 146 Å². The number of carbonyl (C=O) groups is 2. The van der Waals surface area contributed by atoms with E-state index in [-0.39, 0.29) is 18.4 Å². The third-order valence-corrected chi connectivity index (χ3v) is 3.82. The Morgan fingerprint density at radius 1 is 1.40 bits per heavy atom. The summed E-state index contributed by atoms with van der Waals surface area (Å²) in [6, 6.07) is 6.84. The first kappa shape index (κ1) is 18.3. The number of carbonyl (C=O) groups excluding carboxylic acids is 2. The Morgan fingerprint density at radius 3 is 2.64 bits per heavy atom. The van der Waals surface area contributed by atoms with E-state index < -0.39 is 0 Å². The van der Waals surface area contributed by atoms with Crippen LogP contribution in [0.4, 0.5) is 5.69 Å². The smallest absolute Gasteiger partial charge is 0.251 e. The molecule has 0 saturated carbocycles. The van der Waals surface area contributed by atoms with Crippen molar-refractivity contribution in [3.8, 4) is 5.75 Å². The largest absolute Gasteiger partial charge is 0.495 e. The van der Waals surface area contributed by atoms with Crippen LogP contribution in [0.5, 0.6) is 5.75 Å². The van der Waals surface area contributed by atoms with Crippen molar-refractivity contribution in [2.75, 3.05) is 19.1 Å². The van der Waals surface area contributed by atoms with Gasteiger partial charge in [-0.2, -0.15) is 5.10 Å². The van der Waals surface area contributed by atoms with Gasteiger partial charge in [-0.3, -0.25) is 19.2 Å². The minimum absolute atomic E-state index is 0.244. The number of ether oxygens (including phenoxy) is 1. The Hall–Kier alpha value is -3.09. The molecule has 0 aliphatic carbocycles. The Bertz CT molecular complexity index is 811. The topological polar surface area (TPSA) is 76.5 Å². The van der Waals surface area contributed by atoms with Gasteiger partial charge >= 0.3 is 0 Å². The van der Waals surface area contributed by atoms with Gasteiger partial charge in [-0.25, -0.2) is 0 Å². The maximum atomic E-state index is 12.5. The molecule has 132 valence electrons. The molecule has 0 radical (unpaired) electrons. The molecule has 2 rings (SSSR count). The molecule has 0 aliphatic rings. The average molecular weight is 342 g/mol. The summed E-state index contributed by atoms with van der Waals surface area (Å²) in [5, 5.41) is 6.87. The van der Waals surface area contributed by atoms with E-state index in [2.05, 4.69) is 17.0 Å². The lowest BCUT2D eigenvalue weighted by molar-refractivity contribution is -0.114. The fourth-order valence-electron chi connectivity index (χ4n) is 2.55. The number of aromatic nitrogens is 2. The average Bonchev–Trinajstić information content (AvgIpc) is 2.94. The van der Waals surface area contributed by atoms with Crippen molar-refractivity contribution in [2.24, 2.45) is 7.05 Å². The van der Waals surface area contributed by atoms with Crippen molar-refractivity contribution < 1.29 is 14.3 Å². The molecule has 1 aromatic heterocycles. The molecular formula is C18H22N4O3. The molecule has 1 heterocycles. The summed E-state index contributed by atoms with van der Waals surface area (Å²) in [6.07, 6.45) is 1.23. The summed E-state index contributed by atoms with van der Waals surface area (Å²) in [5.74, 6) is -0.0563. The maximum absolute atomic E-state index is 12.5. The fourth-order valence-corrected chi connectivity index (χ4v) is 2.55. The molecule has 25 heavy (non-hydrogen) atoms. The van der Waals surface area contributed by atoms with E-state index in [1.165, 1.54) is 18.1 Å². The molecule has 0 spiro atoms. The van der Waals surface area contributed by atoms with Crippen LogP contribution in [-0.4, -0.2) is 35.8 Å². The van der Waals surface area contributed by atoms with Crippen LogP contribution in [0.15, 0.2) is 36.9 Å². The molecule has 0 atom stereocenters. The van der Waals surface area contributed by atoms with E-state index >= 15 is 0 Å². The first-order valence-corrected chi connectivity index (χ1v) is 7.74. The SMILES string of the molecule is C=CC(=O)N(Cc1cc(C)nn1C)c1cc(C(=O)NC)ccc1OC.